The summed E-state index contributed by atoms with van der Waals surface area (Å²) in [5.74, 6) is -0.903. The number of carbonyl (C=O) groups is 2. The van der Waals surface area contributed by atoms with Gasteiger partial charge in [-0.25, -0.2) is 14.0 Å². The summed E-state index contributed by atoms with van der Waals surface area (Å²) in [7, 11) is 0. The van der Waals surface area contributed by atoms with E-state index in [1.54, 1.807) is 16.8 Å². The first-order valence-electron chi connectivity index (χ1n) is 11.6. The van der Waals surface area contributed by atoms with E-state index in [-0.39, 0.29) is 47.5 Å². The van der Waals surface area contributed by atoms with Gasteiger partial charge in [0.25, 0.3) is 5.95 Å². The molecule has 0 bridgehead atoms. The molecule has 2 aromatic carbocycles. The standard InChI is InChI=1S/C26H24FN5O2/c1-15-6-8-16(9-7-15)21-14-22(17-10-12-18(27)13-11-17)32-25(28-21)29-26(30-32)31-23(33)19-4-2-3-5-20(19)24(31)34/h2-3,6-13,19-22H,4-5,14H2,1H3,(H,28,29,30)/t19-,20+,21-,22+/m1/s1. The maximum Gasteiger partial charge on any atom is 0.260 e. The Balaban J connectivity index is 1.40. The van der Waals surface area contributed by atoms with E-state index in [1.165, 1.54) is 17.7 Å². The Kier molecular flexibility index (Phi) is 4.83. The van der Waals surface area contributed by atoms with Crippen LogP contribution in [0, 0.1) is 24.6 Å². The quantitative estimate of drug-likeness (QED) is 0.468. The number of fused-ring (bicyclic) bond motifs is 2. The Morgan fingerprint density at radius 1 is 0.912 bits per heavy atom. The molecule has 8 heteroatoms. The number of carbonyl (C=O) groups excluding carboxylic acids is 2. The van der Waals surface area contributed by atoms with Gasteiger partial charge in [0.05, 0.1) is 23.9 Å². The molecular weight excluding hydrogens is 433 g/mol. The van der Waals surface area contributed by atoms with Crippen LogP contribution in [0.5, 0.6) is 0 Å². The highest BCUT2D eigenvalue weighted by molar-refractivity contribution is 6.21. The highest BCUT2D eigenvalue weighted by Crippen LogP contribution is 2.41. The van der Waals surface area contributed by atoms with Crippen molar-refractivity contribution < 1.29 is 14.0 Å². The number of aryl methyl sites for hydroxylation is 1. The summed E-state index contributed by atoms with van der Waals surface area (Å²) in [6.07, 6.45) is 5.69. The third-order valence-corrected chi connectivity index (χ3v) is 7.12. The summed E-state index contributed by atoms with van der Waals surface area (Å²) >= 11 is 0. The molecule has 172 valence electrons. The lowest BCUT2D eigenvalue weighted by Crippen LogP contribution is -2.32. The molecule has 0 saturated carbocycles. The van der Waals surface area contributed by atoms with Crippen molar-refractivity contribution in [2.75, 3.05) is 10.2 Å². The number of halogens is 1. The first-order valence-corrected chi connectivity index (χ1v) is 11.6. The van der Waals surface area contributed by atoms with E-state index in [2.05, 4.69) is 39.7 Å². The van der Waals surface area contributed by atoms with Crippen molar-refractivity contribution in [1.29, 1.82) is 0 Å². The maximum absolute atomic E-state index is 13.6. The van der Waals surface area contributed by atoms with E-state index >= 15 is 0 Å². The molecule has 1 aromatic heterocycles. The third kappa shape index (κ3) is 3.32. The Labute approximate surface area is 196 Å². The van der Waals surface area contributed by atoms with E-state index in [0.717, 1.165) is 16.0 Å². The van der Waals surface area contributed by atoms with Crippen molar-refractivity contribution in [2.45, 2.75) is 38.3 Å². The lowest BCUT2D eigenvalue weighted by Gasteiger charge is -2.31. The number of hydrogen-bond donors (Lipinski definition) is 1. The number of imide groups is 1. The molecule has 3 heterocycles. The van der Waals surface area contributed by atoms with Crippen LogP contribution in [0.1, 0.15) is 48.0 Å². The predicted molar refractivity (Wildman–Crippen MR) is 125 cm³/mol. The van der Waals surface area contributed by atoms with Crippen LogP contribution in [-0.2, 0) is 9.59 Å². The summed E-state index contributed by atoms with van der Waals surface area (Å²) in [6.45, 7) is 2.04. The molecule has 3 aromatic rings. The molecule has 1 N–H and O–H groups in total. The van der Waals surface area contributed by atoms with Gasteiger partial charge >= 0.3 is 0 Å². The van der Waals surface area contributed by atoms with Crippen molar-refractivity contribution in [3.05, 3.63) is 83.2 Å². The Morgan fingerprint density at radius 2 is 1.53 bits per heavy atom. The third-order valence-electron chi connectivity index (χ3n) is 7.12. The summed E-state index contributed by atoms with van der Waals surface area (Å²) < 4.78 is 15.4. The van der Waals surface area contributed by atoms with Gasteiger partial charge in [-0.3, -0.25) is 9.59 Å². The molecule has 0 spiro atoms. The molecule has 1 fully saturated rings. The number of nitrogens with one attached hydrogen (secondary N) is 1. The zero-order chi connectivity index (χ0) is 23.4. The van der Waals surface area contributed by atoms with Crippen LogP contribution in [0.15, 0.2) is 60.7 Å². The minimum atomic E-state index is -0.348. The van der Waals surface area contributed by atoms with Crippen molar-refractivity contribution in [3.63, 3.8) is 0 Å². The fourth-order valence-electron chi connectivity index (χ4n) is 5.24. The first-order chi connectivity index (χ1) is 16.5. The van der Waals surface area contributed by atoms with Gasteiger partial charge in [0.1, 0.15) is 5.82 Å². The zero-order valence-corrected chi connectivity index (χ0v) is 18.7. The second-order valence-corrected chi connectivity index (χ2v) is 9.26. The van der Waals surface area contributed by atoms with Crippen LogP contribution in [0.2, 0.25) is 0 Å². The number of rotatable bonds is 3. The van der Waals surface area contributed by atoms with Gasteiger partial charge in [-0.2, -0.15) is 4.98 Å². The summed E-state index contributed by atoms with van der Waals surface area (Å²) in [5.41, 5.74) is 3.15. The Bertz CT molecular complexity index is 1270. The van der Waals surface area contributed by atoms with Gasteiger partial charge in [-0.1, -0.05) is 54.1 Å². The van der Waals surface area contributed by atoms with Crippen molar-refractivity contribution in [1.82, 2.24) is 14.8 Å². The molecule has 34 heavy (non-hydrogen) atoms. The number of hydrogen-bond acceptors (Lipinski definition) is 5. The molecule has 0 unspecified atom stereocenters. The molecule has 6 rings (SSSR count). The van der Waals surface area contributed by atoms with Crippen molar-refractivity contribution in [2.24, 2.45) is 11.8 Å². The van der Waals surface area contributed by atoms with Gasteiger partial charge in [-0.05, 0) is 49.4 Å². The van der Waals surface area contributed by atoms with E-state index < -0.39 is 0 Å². The minimum absolute atomic E-state index is 0.0584. The van der Waals surface area contributed by atoms with Crippen LogP contribution >= 0.6 is 0 Å². The van der Waals surface area contributed by atoms with Crippen molar-refractivity contribution in [3.8, 4) is 0 Å². The molecule has 3 aliphatic rings. The number of aromatic nitrogens is 3. The van der Waals surface area contributed by atoms with Crippen LogP contribution in [-0.4, -0.2) is 26.6 Å². The van der Waals surface area contributed by atoms with Gasteiger partial charge in [0.2, 0.25) is 17.8 Å². The zero-order valence-electron chi connectivity index (χ0n) is 18.7. The molecule has 1 aliphatic carbocycles. The summed E-state index contributed by atoms with van der Waals surface area (Å²) in [4.78, 5) is 31.9. The van der Waals surface area contributed by atoms with E-state index in [0.29, 0.717) is 25.2 Å². The van der Waals surface area contributed by atoms with Crippen LogP contribution in [0.4, 0.5) is 16.3 Å². The molecule has 1 saturated heterocycles. The average Bonchev–Trinajstić information content (AvgIpc) is 3.38. The smallest absolute Gasteiger partial charge is 0.260 e. The van der Waals surface area contributed by atoms with Crippen LogP contribution in [0.25, 0.3) is 0 Å². The number of amides is 2. The monoisotopic (exact) mass is 457 g/mol. The number of benzene rings is 2. The fraction of sp³-hybridized carbons (Fsp3) is 0.308. The second-order valence-electron chi connectivity index (χ2n) is 9.26. The molecule has 7 nitrogen and oxygen atoms in total. The summed E-state index contributed by atoms with van der Waals surface area (Å²) in [6, 6.07) is 14.3. The van der Waals surface area contributed by atoms with Gasteiger partial charge in [0.15, 0.2) is 0 Å². The van der Waals surface area contributed by atoms with E-state index in [9.17, 15) is 14.0 Å². The highest BCUT2D eigenvalue weighted by atomic mass is 19.1. The van der Waals surface area contributed by atoms with Crippen molar-refractivity contribution >= 4 is 23.7 Å². The number of anilines is 2. The van der Waals surface area contributed by atoms with Gasteiger partial charge in [-0.15, -0.1) is 5.10 Å². The molecule has 2 aliphatic heterocycles. The average molecular weight is 458 g/mol. The molecular formula is C26H24FN5O2. The largest absolute Gasteiger partial charge is 0.347 e. The molecule has 2 amide bonds. The lowest BCUT2D eigenvalue weighted by atomic mass is 9.85. The van der Waals surface area contributed by atoms with Gasteiger partial charge in [0, 0.05) is 0 Å². The normalized spacial score (nSPS) is 25.8. The SMILES string of the molecule is Cc1ccc([C@H]2C[C@@H](c3ccc(F)cc3)n3nc(N4C(=O)[C@H]5CC=CC[C@H]5C4=O)nc3N2)cc1. The van der Waals surface area contributed by atoms with E-state index in [1.807, 2.05) is 19.1 Å². The summed E-state index contributed by atoms with van der Waals surface area (Å²) in [5, 5.41) is 8.06. The lowest BCUT2D eigenvalue weighted by molar-refractivity contribution is -0.122. The van der Waals surface area contributed by atoms with Crippen LogP contribution in [0.3, 0.4) is 0 Å². The minimum Gasteiger partial charge on any atom is -0.347 e. The number of allylic oxidation sites excluding steroid dienone is 2. The van der Waals surface area contributed by atoms with Gasteiger partial charge < -0.3 is 5.32 Å². The second kappa shape index (κ2) is 7.90. The predicted octanol–water partition coefficient (Wildman–Crippen LogP) is 4.33. The maximum atomic E-state index is 13.6. The number of nitrogens with zero attached hydrogens (tertiary/aromatic N) is 4. The Morgan fingerprint density at radius 3 is 2.18 bits per heavy atom. The van der Waals surface area contributed by atoms with Crippen LogP contribution < -0.4 is 10.2 Å². The topological polar surface area (TPSA) is 80.1 Å². The first kappa shape index (κ1) is 20.8. The molecule has 4 atom stereocenters. The Hall–Kier alpha value is -3.81. The molecule has 0 radical (unpaired) electrons. The highest BCUT2D eigenvalue weighted by Gasteiger charge is 2.49. The van der Waals surface area contributed by atoms with E-state index in [4.69, 9.17) is 0 Å². The fourth-order valence-corrected chi connectivity index (χ4v) is 5.24.